The summed E-state index contributed by atoms with van der Waals surface area (Å²) in [5, 5.41) is 9.61. The number of carbonyl (C=O) groups is 1. The van der Waals surface area contributed by atoms with Gasteiger partial charge in [-0.05, 0) is 42.4 Å². The van der Waals surface area contributed by atoms with Gasteiger partial charge in [0, 0.05) is 17.2 Å². The lowest BCUT2D eigenvalue weighted by molar-refractivity contribution is 0.0980. The molecule has 1 aromatic carbocycles. The Morgan fingerprint density at radius 1 is 1.28 bits per heavy atom. The zero-order valence-corrected chi connectivity index (χ0v) is 12.2. The van der Waals surface area contributed by atoms with Gasteiger partial charge in [0.15, 0.2) is 5.78 Å². The predicted octanol–water partition coefficient (Wildman–Crippen LogP) is 4.13. The van der Waals surface area contributed by atoms with Crippen LogP contribution in [0.1, 0.15) is 44.0 Å². The molecule has 0 radical (unpaired) electrons. The molecule has 0 aromatic heterocycles. The van der Waals surface area contributed by atoms with Crippen molar-refractivity contribution in [3.05, 3.63) is 29.8 Å². The Balaban J connectivity index is 2.62. The van der Waals surface area contributed by atoms with E-state index in [1.165, 1.54) is 0 Å². The smallest absolute Gasteiger partial charge is 0.163 e. The second-order valence-corrected chi connectivity index (χ2v) is 6.46. The third-order valence-corrected chi connectivity index (χ3v) is 3.90. The molecule has 0 heterocycles. The zero-order valence-electron chi connectivity index (χ0n) is 11.3. The third-order valence-electron chi connectivity index (χ3n) is 2.74. The number of thioether (sulfide) groups is 1. The lowest BCUT2D eigenvalue weighted by Gasteiger charge is -2.17. The van der Waals surface area contributed by atoms with E-state index in [1.54, 1.807) is 24.3 Å². The molecule has 1 aromatic rings. The summed E-state index contributed by atoms with van der Waals surface area (Å²) < 4.78 is 0. The molecule has 1 atom stereocenters. The first-order chi connectivity index (χ1) is 8.52. The second kappa shape index (κ2) is 7.47. The highest BCUT2D eigenvalue weighted by atomic mass is 32.2. The molecule has 0 bridgehead atoms. The molecule has 1 rings (SSSR count). The minimum atomic E-state index is 0.168. The van der Waals surface area contributed by atoms with Gasteiger partial charge in [-0.3, -0.25) is 4.79 Å². The topological polar surface area (TPSA) is 37.3 Å². The molecular formula is C15H22O2S. The second-order valence-electron chi connectivity index (χ2n) is 4.88. The Morgan fingerprint density at radius 3 is 2.39 bits per heavy atom. The molecule has 0 saturated heterocycles. The van der Waals surface area contributed by atoms with E-state index in [-0.39, 0.29) is 11.5 Å². The van der Waals surface area contributed by atoms with Crippen LogP contribution in [0.5, 0.6) is 5.75 Å². The molecule has 0 spiro atoms. The molecule has 0 aliphatic heterocycles. The maximum atomic E-state index is 12.1. The summed E-state index contributed by atoms with van der Waals surface area (Å²) in [7, 11) is 0. The number of benzene rings is 1. The molecule has 18 heavy (non-hydrogen) atoms. The van der Waals surface area contributed by atoms with Crippen LogP contribution in [-0.2, 0) is 0 Å². The average molecular weight is 266 g/mol. The van der Waals surface area contributed by atoms with Crippen LogP contribution >= 0.6 is 11.8 Å². The third kappa shape index (κ3) is 5.13. The first-order valence-electron chi connectivity index (χ1n) is 6.46. The van der Waals surface area contributed by atoms with E-state index in [2.05, 4.69) is 20.8 Å². The summed E-state index contributed by atoms with van der Waals surface area (Å²) in [6.07, 6.45) is 1.66. The number of carbonyl (C=O) groups excluding carboxylic acids is 1. The van der Waals surface area contributed by atoms with Crippen molar-refractivity contribution in [1.29, 1.82) is 0 Å². The van der Waals surface area contributed by atoms with E-state index in [4.69, 9.17) is 0 Å². The van der Waals surface area contributed by atoms with Crippen LogP contribution in [0.2, 0.25) is 0 Å². The Hall–Kier alpha value is -0.960. The highest BCUT2D eigenvalue weighted by Crippen LogP contribution is 2.24. The van der Waals surface area contributed by atoms with Crippen molar-refractivity contribution >= 4 is 17.5 Å². The minimum Gasteiger partial charge on any atom is -0.508 e. The first kappa shape index (κ1) is 15.1. The van der Waals surface area contributed by atoms with Gasteiger partial charge in [-0.1, -0.05) is 20.8 Å². The molecule has 0 fully saturated rings. The van der Waals surface area contributed by atoms with Crippen LogP contribution in [0.4, 0.5) is 0 Å². The van der Waals surface area contributed by atoms with Crippen molar-refractivity contribution in [2.24, 2.45) is 5.92 Å². The highest BCUT2D eigenvalue weighted by molar-refractivity contribution is 7.99. The summed E-state index contributed by atoms with van der Waals surface area (Å²) in [4.78, 5) is 12.1. The molecule has 0 aliphatic rings. The lowest BCUT2D eigenvalue weighted by atomic mass is 10.0. The van der Waals surface area contributed by atoms with Gasteiger partial charge in [0.05, 0.1) is 0 Å². The van der Waals surface area contributed by atoms with E-state index in [9.17, 15) is 9.90 Å². The van der Waals surface area contributed by atoms with E-state index < -0.39 is 0 Å². The number of phenols is 1. The summed E-state index contributed by atoms with van der Waals surface area (Å²) >= 11 is 1.86. The van der Waals surface area contributed by atoms with E-state index in [1.807, 2.05) is 11.8 Å². The Morgan fingerprint density at radius 2 is 1.89 bits per heavy atom. The molecule has 2 nitrogen and oxygen atoms in total. The van der Waals surface area contributed by atoms with E-state index in [0.29, 0.717) is 23.2 Å². The van der Waals surface area contributed by atoms with Crippen LogP contribution in [-0.4, -0.2) is 21.9 Å². The van der Waals surface area contributed by atoms with Gasteiger partial charge in [-0.2, -0.15) is 11.8 Å². The Kier molecular flexibility index (Phi) is 6.27. The van der Waals surface area contributed by atoms with Gasteiger partial charge in [0.25, 0.3) is 0 Å². The van der Waals surface area contributed by atoms with Crippen LogP contribution < -0.4 is 0 Å². The van der Waals surface area contributed by atoms with Crippen molar-refractivity contribution in [3.63, 3.8) is 0 Å². The number of hydrogen-bond donors (Lipinski definition) is 1. The fourth-order valence-corrected chi connectivity index (χ4v) is 3.21. The fourth-order valence-electron chi connectivity index (χ4n) is 1.94. The van der Waals surface area contributed by atoms with Crippen molar-refractivity contribution in [2.75, 3.05) is 5.75 Å². The van der Waals surface area contributed by atoms with Crippen LogP contribution in [0.25, 0.3) is 0 Å². The van der Waals surface area contributed by atoms with Crippen LogP contribution in [0.3, 0.4) is 0 Å². The Bertz CT molecular complexity index is 371. The fraction of sp³-hybridized carbons (Fsp3) is 0.533. The SMILES string of the molecule is CCSC(CC(=O)c1ccc(O)cc1)CC(C)C. The van der Waals surface area contributed by atoms with Crippen molar-refractivity contribution in [3.8, 4) is 5.75 Å². The summed E-state index contributed by atoms with van der Waals surface area (Å²) in [6.45, 7) is 6.51. The quantitative estimate of drug-likeness (QED) is 0.754. The molecule has 100 valence electrons. The number of ketones is 1. The van der Waals surface area contributed by atoms with Crippen LogP contribution in [0.15, 0.2) is 24.3 Å². The standard InChI is InChI=1S/C15H22O2S/c1-4-18-14(9-11(2)3)10-15(17)12-5-7-13(16)8-6-12/h5-8,11,14,16H,4,9-10H2,1-3H3. The summed E-state index contributed by atoms with van der Waals surface area (Å²) in [6, 6.07) is 6.52. The van der Waals surface area contributed by atoms with Gasteiger partial charge in [-0.25, -0.2) is 0 Å². The maximum absolute atomic E-state index is 12.1. The van der Waals surface area contributed by atoms with Gasteiger partial charge in [0.1, 0.15) is 5.75 Å². The number of aromatic hydroxyl groups is 1. The largest absolute Gasteiger partial charge is 0.508 e. The zero-order chi connectivity index (χ0) is 13.5. The van der Waals surface area contributed by atoms with Gasteiger partial charge in [-0.15, -0.1) is 0 Å². The number of rotatable bonds is 7. The maximum Gasteiger partial charge on any atom is 0.163 e. The number of hydrogen-bond acceptors (Lipinski definition) is 3. The van der Waals surface area contributed by atoms with Crippen LogP contribution in [0, 0.1) is 5.92 Å². The lowest BCUT2D eigenvalue weighted by Crippen LogP contribution is -2.13. The Labute approximate surface area is 114 Å². The molecular weight excluding hydrogens is 244 g/mol. The van der Waals surface area contributed by atoms with Gasteiger partial charge >= 0.3 is 0 Å². The molecule has 0 aliphatic carbocycles. The van der Waals surface area contributed by atoms with Crippen molar-refractivity contribution < 1.29 is 9.90 Å². The first-order valence-corrected chi connectivity index (χ1v) is 7.51. The molecule has 0 saturated carbocycles. The molecule has 3 heteroatoms. The van der Waals surface area contributed by atoms with Crippen molar-refractivity contribution in [1.82, 2.24) is 0 Å². The monoisotopic (exact) mass is 266 g/mol. The predicted molar refractivity (Wildman–Crippen MR) is 78.4 cm³/mol. The highest BCUT2D eigenvalue weighted by Gasteiger charge is 2.16. The normalized spacial score (nSPS) is 12.7. The summed E-state index contributed by atoms with van der Waals surface area (Å²) in [5.41, 5.74) is 0.693. The van der Waals surface area contributed by atoms with Crippen molar-refractivity contribution in [2.45, 2.75) is 38.9 Å². The number of Topliss-reactive ketones (excluding diaryl/α,β-unsaturated/α-hetero) is 1. The summed E-state index contributed by atoms with van der Waals surface area (Å²) in [5.74, 6) is 2.02. The van der Waals surface area contributed by atoms with E-state index >= 15 is 0 Å². The average Bonchev–Trinajstić information content (AvgIpc) is 2.29. The molecule has 1 unspecified atom stereocenters. The van der Waals surface area contributed by atoms with Gasteiger partial charge in [0.2, 0.25) is 0 Å². The van der Waals surface area contributed by atoms with Gasteiger partial charge < -0.3 is 5.11 Å². The van der Waals surface area contributed by atoms with E-state index in [0.717, 1.165) is 12.2 Å². The molecule has 0 amide bonds. The number of phenolic OH excluding ortho intramolecular Hbond substituents is 1. The minimum absolute atomic E-state index is 0.168. The molecule has 1 N–H and O–H groups in total.